The van der Waals surface area contributed by atoms with Gasteiger partial charge in [-0.05, 0) is 36.2 Å². The topological polar surface area (TPSA) is 92.5 Å². The average Bonchev–Trinajstić information content (AvgIpc) is 3.03. The first-order valence-electron chi connectivity index (χ1n) is 8.60. The van der Waals surface area contributed by atoms with Crippen molar-refractivity contribution in [3.8, 4) is 0 Å². The van der Waals surface area contributed by atoms with Crippen LogP contribution < -0.4 is 5.32 Å². The number of halogens is 2. The summed E-state index contributed by atoms with van der Waals surface area (Å²) in [5.74, 6) is -2.57. The van der Waals surface area contributed by atoms with Crippen LogP contribution in [0.1, 0.15) is 12.0 Å². The second-order valence-corrected chi connectivity index (χ2v) is 6.53. The van der Waals surface area contributed by atoms with Crippen molar-refractivity contribution in [2.75, 3.05) is 18.4 Å². The third-order valence-corrected chi connectivity index (χ3v) is 4.58. The number of rotatable bonds is 6. The standard InChI is InChI=1S/C19H17F2N3O4/c20-14-3-1-12(2-4-14)7-8-23-11-13(9-18(23)25)19(26)22-15-5-6-16(21)17(10-15)24(27)28/h1-6,10,13H,7-9,11H2,(H,22,26)/t13-/m1/s1. The van der Waals surface area contributed by atoms with Crippen molar-refractivity contribution in [3.63, 3.8) is 0 Å². The third-order valence-electron chi connectivity index (χ3n) is 4.58. The lowest BCUT2D eigenvalue weighted by atomic mass is 10.1. The normalized spacial score (nSPS) is 16.3. The fraction of sp³-hybridized carbons (Fsp3) is 0.263. The van der Waals surface area contributed by atoms with Crippen molar-refractivity contribution in [3.05, 3.63) is 69.8 Å². The summed E-state index contributed by atoms with van der Waals surface area (Å²) >= 11 is 0. The number of nitrogens with zero attached hydrogens (tertiary/aromatic N) is 2. The quantitative estimate of drug-likeness (QED) is 0.607. The van der Waals surface area contributed by atoms with E-state index in [1.165, 1.54) is 18.2 Å². The Morgan fingerprint density at radius 3 is 2.61 bits per heavy atom. The van der Waals surface area contributed by atoms with Gasteiger partial charge in [0.1, 0.15) is 5.82 Å². The number of benzene rings is 2. The van der Waals surface area contributed by atoms with Gasteiger partial charge in [0.05, 0.1) is 10.8 Å². The van der Waals surface area contributed by atoms with Crippen LogP contribution in [0, 0.1) is 27.7 Å². The lowest BCUT2D eigenvalue weighted by Crippen LogP contribution is -2.30. The molecule has 0 saturated carbocycles. The highest BCUT2D eigenvalue weighted by Gasteiger charge is 2.34. The summed E-state index contributed by atoms with van der Waals surface area (Å²) in [6.45, 7) is 0.616. The van der Waals surface area contributed by atoms with Gasteiger partial charge in [-0.2, -0.15) is 4.39 Å². The van der Waals surface area contributed by atoms with Crippen LogP contribution in [0.4, 0.5) is 20.2 Å². The molecule has 0 radical (unpaired) electrons. The minimum Gasteiger partial charge on any atom is -0.342 e. The van der Waals surface area contributed by atoms with Crippen LogP contribution in [-0.2, 0) is 16.0 Å². The second-order valence-electron chi connectivity index (χ2n) is 6.53. The third kappa shape index (κ3) is 4.48. The molecule has 1 aliphatic heterocycles. The van der Waals surface area contributed by atoms with E-state index in [0.29, 0.717) is 13.0 Å². The highest BCUT2D eigenvalue weighted by atomic mass is 19.1. The van der Waals surface area contributed by atoms with Gasteiger partial charge in [0, 0.05) is 31.3 Å². The maximum atomic E-state index is 13.4. The van der Waals surface area contributed by atoms with E-state index in [4.69, 9.17) is 0 Å². The molecule has 2 amide bonds. The van der Waals surface area contributed by atoms with Crippen LogP contribution in [0.2, 0.25) is 0 Å². The molecule has 7 nitrogen and oxygen atoms in total. The number of nitrogens with one attached hydrogen (secondary N) is 1. The Hall–Kier alpha value is -3.36. The van der Waals surface area contributed by atoms with Crippen molar-refractivity contribution >= 4 is 23.2 Å². The van der Waals surface area contributed by atoms with E-state index in [1.54, 1.807) is 17.0 Å². The van der Waals surface area contributed by atoms with Gasteiger partial charge in [0.25, 0.3) is 0 Å². The number of hydrogen-bond acceptors (Lipinski definition) is 4. The Morgan fingerprint density at radius 2 is 1.93 bits per heavy atom. The lowest BCUT2D eigenvalue weighted by Gasteiger charge is -2.16. The molecule has 1 N–H and O–H groups in total. The number of amides is 2. The van der Waals surface area contributed by atoms with Gasteiger partial charge in [0.15, 0.2) is 0 Å². The van der Waals surface area contributed by atoms with Crippen molar-refractivity contribution in [2.45, 2.75) is 12.8 Å². The maximum Gasteiger partial charge on any atom is 0.306 e. The molecule has 1 aliphatic rings. The maximum absolute atomic E-state index is 13.4. The molecular weight excluding hydrogens is 372 g/mol. The first-order valence-corrected chi connectivity index (χ1v) is 8.60. The largest absolute Gasteiger partial charge is 0.342 e. The zero-order chi connectivity index (χ0) is 20.3. The first-order chi connectivity index (χ1) is 13.3. The molecule has 28 heavy (non-hydrogen) atoms. The van der Waals surface area contributed by atoms with Crippen LogP contribution in [0.3, 0.4) is 0 Å². The molecule has 0 spiro atoms. The molecule has 9 heteroatoms. The van der Waals surface area contributed by atoms with Crippen LogP contribution in [-0.4, -0.2) is 34.7 Å². The van der Waals surface area contributed by atoms with Crippen LogP contribution in [0.25, 0.3) is 0 Å². The van der Waals surface area contributed by atoms with Gasteiger partial charge in [-0.3, -0.25) is 19.7 Å². The molecule has 1 heterocycles. The highest BCUT2D eigenvalue weighted by molar-refractivity contribution is 5.97. The zero-order valence-electron chi connectivity index (χ0n) is 14.7. The number of hydrogen-bond donors (Lipinski definition) is 1. The van der Waals surface area contributed by atoms with Crippen LogP contribution in [0.15, 0.2) is 42.5 Å². The van der Waals surface area contributed by atoms with Gasteiger partial charge >= 0.3 is 5.69 Å². The summed E-state index contributed by atoms with van der Waals surface area (Å²) in [5.41, 5.74) is 0.234. The number of carbonyl (C=O) groups is 2. The molecule has 2 aromatic rings. The second kappa shape index (κ2) is 8.12. The molecule has 146 valence electrons. The van der Waals surface area contributed by atoms with E-state index in [1.807, 2.05) is 0 Å². The number of anilines is 1. The minimum absolute atomic E-state index is 0.0263. The van der Waals surface area contributed by atoms with Gasteiger partial charge in [-0.1, -0.05) is 12.1 Å². The van der Waals surface area contributed by atoms with Crippen LogP contribution >= 0.6 is 0 Å². The van der Waals surface area contributed by atoms with E-state index in [-0.39, 0.29) is 30.4 Å². The van der Waals surface area contributed by atoms with Crippen molar-refractivity contribution in [2.24, 2.45) is 5.92 Å². The smallest absolute Gasteiger partial charge is 0.306 e. The molecule has 3 rings (SSSR count). The number of nitro benzene ring substituents is 1. The Balaban J connectivity index is 1.58. The summed E-state index contributed by atoms with van der Waals surface area (Å²) in [5, 5.41) is 13.3. The van der Waals surface area contributed by atoms with Crippen molar-refractivity contribution < 1.29 is 23.3 Å². The molecule has 2 aromatic carbocycles. The summed E-state index contributed by atoms with van der Waals surface area (Å²) in [7, 11) is 0. The van der Waals surface area contributed by atoms with Crippen molar-refractivity contribution in [1.82, 2.24) is 4.90 Å². The SMILES string of the molecule is O=C(Nc1ccc(F)c([N+](=O)[O-])c1)[C@@H]1CC(=O)N(CCc2ccc(F)cc2)C1. The molecule has 1 fully saturated rings. The molecule has 1 saturated heterocycles. The summed E-state index contributed by atoms with van der Waals surface area (Å²) in [6, 6.07) is 9.05. The number of carbonyl (C=O) groups excluding carboxylic acids is 2. The predicted molar refractivity (Wildman–Crippen MR) is 96.5 cm³/mol. The van der Waals surface area contributed by atoms with E-state index < -0.39 is 28.3 Å². The van der Waals surface area contributed by atoms with E-state index >= 15 is 0 Å². The Morgan fingerprint density at radius 1 is 1.21 bits per heavy atom. The molecule has 1 atom stereocenters. The predicted octanol–water partition coefficient (Wildman–Crippen LogP) is 2.90. The highest BCUT2D eigenvalue weighted by Crippen LogP contribution is 2.24. The first kappa shape index (κ1) is 19.4. The Bertz CT molecular complexity index is 918. The molecule has 0 aliphatic carbocycles. The average molecular weight is 389 g/mol. The molecule has 0 bridgehead atoms. The lowest BCUT2D eigenvalue weighted by molar-refractivity contribution is -0.387. The molecule has 0 unspecified atom stereocenters. The van der Waals surface area contributed by atoms with E-state index in [0.717, 1.165) is 17.7 Å². The number of likely N-dealkylation sites (tertiary alicyclic amines) is 1. The molecule has 0 aromatic heterocycles. The van der Waals surface area contributed by atoms with Gasteiger partial charge in [-0.25, -0.2) is 4.39 Å². The van der Waals surface area contributed by atoms with Gasteiger partial charge in [0.2, 0.25) is 17.6 Å². The number of nitro groups is 1. The fourth-order valence-electron chi connectivity index (χ4n) is 3.05. The summed E-state index contributed by atoms with van der Waals surface area (Å²) in [6.07, 6.45) is 0.559. The van der Waals surface area contributed by atoms with E-state index in [9.17, 15) is 28.5 Å². The Kier molecular flexibility index (Phi) is 5.62. The van der Waals surface area contributed by atoms with Gasteiger partial charge in [-0.15, -0.1) is 0 Å². The minimum atomic E-state index is -0.994. The fourth-order valence-corrected chi connectivity index (χ4v) is 3.05. The monoisotopic (exact) mass is 389 g/mol. The summed E-state index contributed by atoms with van der Waals surface area (Å²) < 4.78 is 26.3. The zero-order valence-corrected chi connectivity index (χ0v) is 14.7. The van der Waals surface area contributed by atoms with Crippen LogP contribution in [0.5, 0.6) is 0 Å². The van der Waals surface area contributed by atoms with Gasteiger partial charge < -0.3 is 10.2 Å². The van der Waals surface area contributed by atoms with Crippen molar-refractivity contribution in [1.29, 1.82) is 0 Å². The van der Waals surface area contributed by atoms with E-state index in [2.05, 4.69) is 5.32 Å². The molecular formula is C19H17F2N3O4. The summed E-state index contributed by atoms with van der Waals surface area (Å²) in [4.78, 5) is 36.0. The Labute approximate surface area is 159 Å².